The molecule has 8 heteroatoms. The van der Waals surface area contributed by atoms with Crippen LogP contribution in [0.3, 0.4) is 0 Å². The monoisotopic (exact) mass is 438 g/mol. The fourth-order valence-corrected chi connectivity index (χ4v) is 4.44. The van der Waals surface area contributed by atoms with Gasteiger partial charge in [0.05, 0.1) is 17.9 Å². The molecule has 1 saturated heterocycles. The summed E-state index contributed by atoms with van der Waals surface area (Å²) in [5.41, 5.74) is 3.89. The van der Waals surface area contributed by atoms with Gasteiger partial charge in [-0.15, -0.1) is 0 Å². The van der Waals surface area contributed by atoms with Gasteiger partial charge in [-0.05, 0) is 57.6 Å². The van der Waals surface area contributed by atoms with Crippen LogP contribution in [0.4, 0.5) is 0 Å². The van der Waals surface area contributed by atoms with Gasteiger partial charge in [0, 0.05) is 26.7 Å². The number of hydrogen-bond acceptors (Lipinski definition) is 6. The van der Waals surface area contributed by atoms with Crippen molar-refractivity contribution in [2.45, 2.75) is 39.7 Å². The van der Waals surface area contributed by atoms with Crippen LogP contribution in [-0.4, -0.2) is 69.4 Å². The fourth-order valence-electron chi connectivity index (χ4n) is 4.44. The Kier molecular flexibility index (Phi) is 6.91. The smallest absolute Gasteiger partial charge is 0.277 e. The Labute approximate surface area is 189 Å². The minimum atomic E-state index is -0.175. The number of hydrogen-bond donors (Lipinski definition) is 1. The second kappa shape index (κ2) is 9.83. The van der Waals surface area contributed by atoms with Crippen molar-refractivity contribution >= 4 is 11.0 Å². The lowest BCUT2D eigenvalue weighted by molar-refractivity contribution is 0.269. The normalized spacial score (nSPS) is 15.9. The number of nitrogens with zero attached hydrogens (tertiary/aromatic N) is 5. The van der Waals surface area contributed by atoms with Crippen LogP contribution in [0, 0.1) is 0 Å². The molecule has 1 N–H and O–H groups in total. The molecular weight excluding hydrogens is 404 g/mol. The van der Waals surface area contributed by atoms with Crippen molar-refractivity contribution in [2.24, 2.45) is 7.05 Å². The lowest BCUT2D eigenvalue weighted by Crippen LogP contribution is -2.28. The van der Waals surface area contributed by atoms with Gasteiger partial charge >= 0.3 is 0 Å². The van der Waals surface area contributed by atoms with Crippen LogP contribution in [-0.2, 0) is 20.0 Å². The number of aromatic amines is 1. The van der Waals surface area contributed by atoms with Gasteiger partial charge in [-0.3, -0.25) is 14.4 Å². The Morgan fingerprint density at radius 3 is 2.75 bits per heavy atom. The highest BCUT2D eigenvalue weighted by atomic mass is 16.5. The minimum Gasteiger partial charge on any atom is -0.493 e. The first kappa shape index (κ1) is 22.5. The first-order chi connectivity index (χ1) is 15.5. The van der Waals surface area contributed by atoms with E-state index in [9.17, 15) is 4.79 Å². The Balaban J connectivity index is 1.74. The van der Waals surface area contributed by atoms with Crippen LogP contribution in [0.2, 0.25) is 0 Å². The fraction of sp³-hybridized carbons (Fsp3) is 0.542. The third-order valence-electron chi connectivity index (χ3n) is 6.07. The molecular formula is C24H34N6O2. The molecule has 172 valence electrons. The zero-order valence-corrected chi connectivity index (χ0v) is 19.6. The number of aryl methyl sites for hydroxylation is 2. The van der Waals surface area contributed by atoms with Gasteiger partial charge in [0.15, 0.2) is 5.52 Å². The summed E-state index contributed by atoms with van der Waals surface area (Å²) in [6.07, 6.45) is 2.91. The molecule has 4 rings (SSSR count). The van der Waals surface area contributed by atoms with E-state index in [4.69, 9.17) is 9.72 Å². The van der Waals surface area contributed by atoms with Crippen LogP contribution in [0.1, 0.15) is 37.9 Å². The average molecular weight is 439 g/mol. The molecule has 1 fully saturated rings. The average Bonchev–Trinajstić information content (AvgIpc) is 2.94. The molecule has 0 atom stereocenters. The molecule has 1 aliphatic rings. The Bertz CT molecular complexity index is 1140. The molecule has 0 saturated carbocycles. The van der Waals surface area contributed by atoms with Crippen LogP contribution < -0.4 is 10.3 Å². The number of rotatable bonds is 7. The predicted molar refractivity (Wildman–Crippen MR) is 127 cm³/mol. The largest absolute Gasteiger partial charge is 0.493 e. The van der Waals surface area contributed by atoms with Gasteiger partial charge in [-0.25, -0.2) is 4.98 Å². The second-order valence-electron chi connectivity index (χ2n) is 8.63. The first-order valence-corrected chi connectivity index (χ1v) is 11.6. The summed E-state index contributed by atoms with van der Waals surface area (Å²) in [6.45, 7) is 9.84. The van der Waals surface area contributed by atoms with E-state index >= 15 is 0 Å². The number of H-pyrrole nitrogens is 1. The quantitative estimate of drug-likeness (QED) is 0.611. The molecule has 2 aromatic heterocycles. The topological polar surface area (TPSA) is 79.3 Å². The van der Waals surface area contributed by atoms with Crippen LogP contribution >= 0.6 is 0 Å². The molecule has 0 aliphatic carbocycles. The third-order valence-corrected chi connectivity index (χ3v) is 6.07. The summed E-state index contributed by atoms with van der Waals surface area (Å²) in [4.78, 5) is 25.7. The maximum Gasteiger partial charge on any atom is 0.277 e. The highest BCUT2D eigenvalue weighted by molar-refractivity contribution is 5.79. The standard InChI is InChI=1S/C24H34N6O2/c1-5-8-19-21-22(29(4)27-19)24(31)26-23(25-21)18-15-17(9-10-20(18)32-6-2)16-30-12-7-11-28(3)13-14-30/h9-10,15H,5-8,11-14,16H2,1-4H3,(H,25,26,31). The van der Waals surface area contributed by atoms with E-state index in [1.165, 1.54) is 12.0 Å². The summed E-state index contributed by atoms with van der Waals surface area (Å²) < 4.78 is 7.53. The number of likely N-dealkylation sites (N-methyl/N-ethyl adjacent to an activating group) is 1. The van der Waals surface area contributed by atoms with Crippen molar-refractivity contribution < 1.29 is 4.74 Å². The molecule has 32 heavy (non-hydrogen) atoms. The van der Waals surface area contributed by atoms with Crippen molar-refractivity contribution in [1.29, 1.82) is 0 Å². The summed E-state index contributed by atoms with van der Waals surface area (Å²) >= 11 is 0. The van der Waals surface area contributed by atoms with Gasteiger partial charge < -0.3 is 14.6 Å². The van der Waals surface area contributed by atoms with Gasteiger partial charge in [0.25, 0.3) is 5.56 Å². The van der Waals surface area contributed by atoms with Crippen molar-refractivity contribution in [1.82, 2.24) is 29.5 Å². The molecule has 1 aromatic carbocycles. The Morgan fingerprint density at radius 1 is 1.12 bits per heavy atom. The van der Waals surface area contributed by atoms with E-state index in [1.54, 1.807) is 11.7 Å². The lowest BCUT2D eigenvalue weighted by atomic mass is 10.1. The van der Waals surface area contributed by atoms with Crippen molar-refractivity contribution in [3.8, 4) is 17.1 Å². The number of ether oxygens (including phenoxy) is 1. The molecule has 0 amide bonds. The van der Waals surface area contributed by atoms with Crippen molar-refractivity contribution in [3.63, 3.8) is 0 Å². The van der Waals surface area contributed by atoms with Crippen LogP contribution in [0.5, 0.6) is 5.75 Å². The maximum absolute atomic E-state index is 12.9. The van der Waals surface area contributed by atoms with E-state index < -0.39 is 0 Å². The van der Waals surface area contributed by atoms with Gasteiger partial charge in [0.1, 0.15) is 17.1 Å². The predicted octanol–water partition coefficient (Wildman–Crippen LogP) is 2.81. The van der Waals surface area contributed by atoms with Crippen molar-refractivity contribution in [2.75, 3.05) is 39.8 Å². The van der Waals surface area contributed by atoms with Gasteiger partial charge in [-0.1, -0.05) is 19.4 Å². The molecule has 8 nitrogen and oxygen atoms in total. The molecule has 1 aliphatic heterocycles. The summed E-state index contributed by atoms with van der Waals surface area (Å²) in [7, 11) is 3.98. The van der Waals surface area contributed by atoms with Crippen LogP contribution in [0.15, 0.2) is 23.0 Å². The number of nitrogens with one attached hydrogen (secondary N) is 1. The summed E-state index contributed by atoms with van der Waals surface area (Å²) in [5, 5.41) is 4.54. The highest BCUT2D eigenvalue weighted by Gasteiger charge is 2.19. The second-order valence-corrected chi connectivity index (χ2v) is 8.63. The zero-order valence-electron chi connectivity index (χ0n) is 19.6. The number of fused-ring (bicyclic) bond motifs is 1. The number of benzene rings is 1. The lowest BCUT2D eigenvalue weighted by Gasteiger charge is -2.21. The molecule has 3 aromatic rings. The molecule has 0 spiro atoms. The van der Waals surface area contributed by atoms with E-state index in [0.29, 0.717) is 23.5 Å². The first-order valence-electron chi connectivity index (χ1n) is 11.6. The Morgan fingerprint density at radius 2 is 1.97 bits per heavy atom. The zero-order chi connectivity index (χ0) is 22.7. The van der Waals surface area contributed by atoms with Gasteiger partial charge in [0.2, 0.25) is 0 Å². The summed E-state index contributed by atoms with van der Waals surface area (Å²) in [6, 6.07) is 6.23. The minimum absolute atomic E-state index is 0.175. The molecule has 0 radical (unpaired) electrons. The van der Waals surface area contributed by atoms with E-state index in [1.807, 2.05) is 13.0 Å². The SMILES string of the molecule is CCCc1nn(C)c2c(=O)[nH]c(-c3cc(CN4CCCN(C)CC4)ccc3OCC)nc12. The van der Waals surface area contributed by atoms with Crippen LogP contribution in [0.25, 0.3) is 22.4 Å². The van der Waals surface area contributed by atoms with E-state index in [0.717, 1.165) is 62.6 Å². The summed E-state index contributed by atoms with van der Waals surface area (Å²) in [5.74, 6) is 1.27. The molecule has 0 unspecified atom stereocenters. The Hall–Kier alpha value is -2.71. The molecule has 3 heterocycles. The third kappa shape index (κ3) is 4.71. The highest BCUT2D eigenvalue weighted by Crippen LogP contribution is 2.30. The van der Waals surface area contributed by atoms with Crippen molar-refractivity contribution in [3.05, 3.63) is 39.8 Å². The van der Waals surface area contributed by atoms with E-state index in [-0.39, 0.29) is 5.56 Å². The maximum atomic E-state index is 12.9. The molecule has 0 bridgehead atoms. The van der Waals surface area contributed by atoms with E-state index in [2.05, 4.69) is 46.0 Å². The van der Waals surface area contributed by atoms with Gasteiger partial charge in [-0.2, -0.15) is 5.10 Å². The number of aromatic nitrogens is 4.